The van der Waals surface area contributed by atoms with Crippen molar-refractivity contribution in [3.05, 3.63) is 24.0 Å². The molecular weight excluding hydrogens is 170 g/mol. The molecule has 1 amide bonds. The summed E-state index contributed by atoms with van der Waals surface area (Å²) in [5, 5.41) is 1.09. The van der Waals surface area contributed by atoms with Crippen LogP contribution in [0, 0.1) is 0 Å². The number of nitrogen functional groups attached to an aromatic ring is 1. The van der Waals surface area contributed by atoms with Crippen molar-refractivity contribution in [3.63, 3.8) is 0 Å². The quantitative estimate of drug-likeness (QED) is 0.666. The van der Waals surface area contributed by atoms with E-state index in [4.69, 9.17) is 10.6 Å². The third-order valence-corrected chi connectivity index (χ3v) is 1.65. The van der Waals surface area contributed by atoms with E-state index in [-0.39, 0.29) is 5.91 Å². The second-order valence-electron chi connectivity index (χ2n) is 2.45. The Kier molecular flexibility index (Phi) is 2.81. The van der Waals surface area contributed by atoms with Crippen LogP contribution in [0.4, 0.5) is 5.69 Å². The summed E-state index contributed by atoms with van der Waals surface area (Å²) in [5.74, 6) is -0.312. The number of anilines is 1. The fraction of sp³-hybridized carbons (Fsp3) is 0.250. The highest BCUT2D eigenvalue weighted by Crippen LogP contribution is 2.10. The summed E-state index contributed by atoms with van der Waals surface area (Å²) in [7, 11) is 2.92. The molecular formula is C8H11N3O2. The maximum Gasteiger partial charge on any atom is 0.280 e. The van der Waals surface area contributed by atoms with Gasteiger partial charge >= 0.3 is 0 Å². The first-order chi connectivity index (χ1) is 6.16. The molecule has 1 aromatic rings. The molecule has 0 unspecified atom stereocenters. The van der Waals surface area contributed by atoms with Gasteiger partial charge < -0.3 is 5.73 Å². The standard InChI is InChI=1S/C8H11N3O2/c1-11(13-2)8(12)6-5-10-4-3-7(6)9/h3-5H,1-2H3,(H2,9,10). The summed E-state index contributed by atoms with van der Waals surface area (Å²) in [6.45, 7) is 0. The van der Waals surface area contributed by atoms with Crippen molar-refractivity contribution in [3.8, 4) is 0 Å². The molecule has 0 saturated heterocycles. The van der Waals surface area contributed by atoms with E-state index in [1.165, 1.54) is 26.6 Å². The Bertz CT molecular complexity index is 314. The summed E-state index contributed by atoms with van der Waals surface area (Å²) >= 11 is 0. The molecule has 0 aliphatic heterocycles. The van der Waals surface area contributed by atoms with Gasteiger partial charge in [-0.3, -0.25) is 14.6 Å². The first-order valence-electron chi connectivity index (χ1n) is 3.68. The van der Waals surface area contributed by atoms with Gasteiger partial charge in [0.1, 0.15) is 0 Å². The monoisotopic (exact) mass is 181 g/mol. The summed E-state index contributed by atoms with van der Waals surface area (Å²) in [5.41, 5.74) is 6.30. The Morgan fingerprint density at radius 1 is 1.69 bits per heavy atom. The number of aromatic nitrogens is 1. The van der Waals surface area contributed by atoms with Crippen LogP contribution >= 0.6 is 0 Å². The molecule has 13 heavy (non-hydrogen) atoms. The van der Waals surface area contributed by atoms with Crippen molar-refractivity contribution in [1.29, 1.82) is 0 Å². The van der Waals surface area contributed by atoms with Crippen molar-refractivity contribution < 1.29 is 9.63 Å². The molecule has 0 atom stereocenters. The van der Waals surface area contributed by atoms with Crippen molar-refractivity contribution in [1.82, 2.24) is 10.0 Å². The predicted octanol–water partition coefficient (Wildman–Crippen LogP) is 0.297. The lowest BCUT2D eigenvalue weighted by Crippen LogP contribution is -2.26. The number of rotatable bonds is 2. The van der Waals surface area contributed by atoms with E-state index in [0.29, 0.717) is 11.3 Å². The third kappa shape index (κ3) is 1.94. The van der Waals surface area contributed by atoms with Crippen LogP contribution in [0.3, 0.4) is 0 Å². The maximum absolute atomic E-state index is 11.5. The zero-order valence-corrected chi connectivity index (χ0v) is 7.52. The molecule has 1 rings (SSSR count). The van der Waals surface area contributed by atoms with Crippen molar-refractivity contribution in [2.24, 2.45) is 0 Å². The van der Waals surface area contributed by atoms with E-state index in [2.05, 4.69) is 4.98 Å². The Morgan fingerprint density at radius 2 is 2.38 bits per heavy atom. The van der Waals surface area contributed by atoms with E-state index in [0.717, 1.165) is 5.06 Å². The second-order valence-corrected chi connectivity index (χ2v) is 2.45. The van der Waals surface area contributed by atoms with Crippen molar-refractivity contribution in [2.45, 2.75) is 0 Å². The highest BCUT2D eigenvalue weighted by molar-refractivity contribution is 5.97. The smallest absolute Gasteiger partial charge is 0.280 e. The fourth-order valence-electron chi connectivity index (χ4n) is 0.836. The molecule has 0 aliphatic rings. The normalized spacial score (nSPS) is 9.69. The van der Waals surface area contributed by atoms with Gasteiger partial charge in [-0.2, -0.15) is 0 Å². The molecule has 1 heterocycles. The van der Waals surface area contributed by atoms with Gasteiger partial charge in [0, 0.05) is 25.1 Å². The molecule has 5 heteroatoms. The number of hydrogen-bond donors (Lipinski definition) is 1. The number of hydroxylamine groups is 2. The highest BCUT2D eigenvalue weighted by atomic mass is 16.7. The molecule has 0 radical (unpaired) electrons. The Balaban J connectivity index is 2.95. The number of nitrogens with two attached hydrogens (primary N) is 1. The Morgan fingerprint density at radius 3 is 2.92 bits per heavy atom. The fourth-order valence-corrected chi connectivity index (χ4v) is 0.836. The molecule has 0 spiro atoms. The molecule has 0 bridgehead atoms. The van der Waals surface area contributed by atoms with Crippen LogP contribution in [-0.2, 0) is 4.84 Å². The van der Waals surface area contributed by atoms with Gasteiger partial charge in [0.05, 0.1) is 12.7 Å². The number of amides is 1. The number of carbonyl (C=O) groups is 1. The van der Waals surface area contributed by atoms with E-state index in [9.17, 15) is 4.79 Å². The van der Waals surface area contributed by atoms with Gasteiger partial charge in [-0.1, -0.05) is 0 Å². The molecule has 5 nitrogen and oxygen atoms in total. The summed E-state index contributed by atoms with van der Waals surface area (Å²) in [6.07, 6.45) is 2.94. The van der Waals surface area contributed by atoms with Crippen LogP contribution in [0.1, 0.15) is 10.4 Å². The first kappa shape index (κ1) is 9.47. The summed E-state index contributed by atoms with van der Waals surface area (Å²) in [4.78, 5) is 20.0. The largest absolute Gasteiger partial charge is 0.398 e. The maximum atomic E-state index is 11.5. The molecule has 70 valence electrons. The summed E-state index contributed by atoms with van der Waals surface area (Å²) < 4.78 is 0. The third-order valence-electron chi connectivity index (χ3n) is 1.65. The van der Waals surface area contributed by atoms with Gasteiger partial charge in [0.2, 0.25) is 0 Å². The second kappa shape index (κ2) is 3.86. The van der Waals surface area contributed by atoms with Crippen LogP contribution in [0.15, 0.2) is 18.5 Å². The van der Waals surface area contributed by atoms with Crippen LogP contribution in [-0.4, -0.2) is 30.1 Å². The van der Waals surface area contributed by atoms with Crippen LogP contribution < -0.4 is 5.73 Å². The van der Waals surface area contributed by atoms with Gasteiger partial charge in [-0.25, -0.2) is 5.06 Å². The zero-order valence-electron chi connectivity index (χ0n) is 7.52. The minimum atomic E-state index is -0.312. The molecule has 1 aromatic heterocycles. The van der Waals surface area contributed by atoms with Gasteiger partial charge in [-0.05, 0) is 6.07 Å². The zero-order chi connectivity index (χ0) is 9.84. The lowest BCUT2D eigenvalue weighted by Gasteiger charge is -2.13. The van der Waals surface area contributed by atoms with E-state index >= 15 is 0 Å². The average molecular weight is 181 g/mol. The molecule has 0 fully saturated rings. The lowest BCUT2D eigenvalue weighted by atomic mass is 10.2. The van der Waals surface area contributed by atoms with Crippen LogP contribution in [0.25, 0.3) is 0 Å². The van der Waals surface area contributed by atoms with Gasteiger partial charge in [0.25, 0.3) is 5.91 Å². The van der Waals surface area contributed by atoms with E-state index < -0.39 is 0 Å². The van der Waals surface area contributed by atoms with Gasteiger partial charge in [0.15, 0.2) is 0 Å². The summed E-state index contributed by atoms with van der Waals surface area (Å²) in [6, 6.07) is 1.57. The molecule has 0 aliphatic carbocycles. The first-order valence-corrected chi connectivity index (χ1v) is 3.68. The highest BCUT2D eigenvalue weighted by Gasteiger charge is 2.13. The Labute approximate surface area is 76.1 Å². The molecule has 0 saturated carbocycles. The number of nitrogens with zero attached hydrogens (tertiary/aromatic N) is 2. The SMILES string of the molecule is CON(C)C(=O)c1cnccc1N. The van der Waals surface area contributed by atoms with E-state index in [1.54, 1.807) is 6.07 Å². The van der Waals surface area contributed by atoms with Crippen molar-refractivity contribution >= 4 is 11.6 Å². The molecule has 2 N–H and O–H groups in total. The minimum absolute atomic E-state index is 0.312. The number of carbonyl (C=O) groups excluding carboxylic acids is 1. The number of hydrogen-bond acceptors (Lipinski definition) is 4. The molecule has 0 aromatic carbocycles. The lowest BCUT2D eigenvalue weighted by molar-refractivity contribution is -0.0756. The minimum Gasteiger partial charge on any atom is -0.398 e. The average Bonchev–Trinajstić information content (AvgIpc) is 2.16. The van der Waals surface area contributed by atoms with Gasteiger partial charge in [-0.15, -0.1) is 0 Å². The predicted molar refractivity (Wildman–Crippen MR) is 47.8 cm³/mol. The van der Waals surface area contributed by atoms with E-state index in [1.807, 2.05) is 0 Å². The van der Waals surface area contributed by atoms with Crippen LogP contribution in [0.5, 0.6) is 0 Å². The number of pyridine rings is 1. The Hall–Kier alpha value is -1.62. The topological polar surface area (TPSA) is 68.5 Å². The van der Waals surface area contributed by atoms with Crippen molar-refractivity contribution in [2.75, 3.05) is 19.9 Å². The van der Waals surface area contributed by atoms with Crippen LogP contribution in [0.2, 0.25) is 0 Å².